The van der Waals surface area contributed by atoms with Crippen molar-refractivity contribution >= 4 is 34.6 Å². The normalized spacial score (nSPS) is 13.7. The first-order chi connectivity index (χ1) is 14.6. The van der Waals surface area contributed by atoms with Gasteiger partial charge in [0.05, 0.1) is 19.0 Å². The molecule has 3 aromatic rings. The highest BCUT2D eigenvalue weighted by Crippen LogP contribution is 2.34. The number of benzene rings is 2. The second-order valence-corrected chi connectivity index (χ2v) is 7.49. The number of rotatable bonds is 6. The maximum Gasteiger partial charge on any atom is 0.243 e. The highest BCUT2D eigenvalue weighted by molar-refractivity contribution is 6.31. The molecule has 0 amide bonds. The van der Waals surface area contributed by atoms with E-state index in [1.54, 1.807) is 31.4 Å². The van der Waals surface area contributed by atoms with Gasteiger partial charge in [-0.3, -0.25) is 0 Å². The molecular formula is C22H24ClN5O2. The summed E-state index contributed by atoms with van der Waals surface area (Å²) < 4.78 is 11.4. The number of nitrogens with two attached hydrogens (primary N) is 1. The van der Waals surface area contributed by atoms with Gasteiger partial charge in [-0.2, -0.15) is 4.98 Å². The van der Waals surface area contributed by atoms with Crippen LogP contribution >= 0.6 is 11.6 Å². The molecule has 1 aliphatic heterocycles. The quantitative estimate of drug-likeness (QED) is 0.522. The summed E-state index contributed by atoms with van der Waals surface area (Å²) in [5, 5.41) is 3.49. The number of piperidine rings is 1. The highest BCUT2D eigenvalue weighted by atomic mass is 35.5. The van der Waals surface area contributed by atoms with E-state index in [1.807, 2.05) is 12.1 Å². The van der Waals surface area contributed by atoms with Crippen LogP contribution in [0.5, 0.6) is 17.4 Å². The average molecular weight is 426 g/mol. The fraction of sp³-hybridized carbons (Fsp3) is 0.273. The van der Waals surface area contributed by atoms with Crippen LogP contribution in [0.15, 0.2) is 48.7 Å². The zero-order chi connectivity index (χ0) is 20.9. The number of nitrogen functional groups attached to an aromatic ring is 1. The summed E-state index contributed by atoms with van der Waals surface area (Å²) in [4.78, 5) is 11.0. The molecule has 1 aromatic heterocycles. The molecule has 2 aromatic carbocycles. The largest absolute Gasteiger partial charge is 0.494 e. The summed E-state index contributed by atoms with van der Waals surface area (Å²) in [7, 11) is 1.65. The molecule has 1 saturated heterocycles. The lowest BCUT2D eigenvalue weighted by atomic mass is 10.1. The van der Waals surface area contributed by atoms with Gasteiger partial charge in [0.2, 0.25) is 11.8 Å². The van der Waals surface area contributed by atoms with E-state index < -0.39 is 0 Å². The lowest BCUT2D eigenvalue weighted by Gasteiger charge is -2.29. The third kappa shape index (κ3) is 4.68. The lowest BCUT2D eigenvalue weighted by molar-refractivity contribution is 0.416. The van der Waals surface area contributed by atoms with Crippen LogP contribution in [0.1, 0.15) is 19.3 Å². The van der Waals surface area contributed by atoms with Gasteiger partial charge in [0.1, 0.15) is 16.5 Å². The van der Waals surface area contributed by atoms with E-state index >= 15 is 0 Å². The van der Waals surface area contributed by atoms with Crippen molar-refractivity contribution in [2.45, 2.75) is 19.3 Å². The van der Waals surface area contributed by atoms with Crippen LogP contribution in [0, 0.1) is 0 Å². The third-order valence-corrected chi connectivity index (χ3v) is 5.20. The smallest absolute Gasteiger partial charge is 0.243 e. The summed E-state index contributed by atoms with van der Waals surface area (Å²) in [5.41, 5.74) is 8.31. The van der Waals surface area contributed by atoms with E-state index in [2.05, 4.69) is 26.3 Å². The van der Waals surface area contributed by atoms with Crippen molar-refractivity contribution in [1.29, 1.82) is 0 Å². The molecule has 1 fully saturated rings. The fourth-order valence-electron chi connectivity index (χ4n) is 3.43. The number of ether oxygens (including phenoxy) is 2. The van der Waals surface area contributed by atoms with E-state index in [4.69, 9.17) is 26.8 Å². The van der Waals surface area contributed by atoms with Crippen molar-refractivity contribution in [2.24, 2.45) is 0 Å². The Morgan fingerprint density at radius 1 is 1.10 bits per heavy atom. The Balaban J connectivity index is 1.55. The molecule has 1 aliphatic rings. The minimum atomic E-state index is 0.240. The summed E-state index contributed by atoms with van der Waals surface area (Å²) in [6.45, 7) is 2.14. The van der Waals surface area contributed by atoms with Gasteiger partial charge in [-0.25, -0.2) is 4.98 Å². The number of hydrogen-bond acceptors (Lipinski definition) is 7. The van der Waals surface area contributed by atoms with E-state index in [-0.39, 0.29) is 5.88 Å². The second kappa shape index (κ2) is 9.09. The van der Waals surface area contributed by atoms with Crippen molar-refractivity contribution < 1.29 is 9.47 Å². The van der Waals surface area contributed by atoms with Gasteiger partial charge in [-0.1, -0.05) is 17.7 Å². The summed E-state index contributed by atoms with van der Waals surface area (Å²) in [6.07, 6.45) is 5.22. The van der Waals surface area contributed by atoms with Crippen LogP contribution in [-0.4, -0.2) is 30.2 Å². The second-order valence-electron chi connectivity index (χ2n) is 7.08. The molecule has 7 nitrogen and oxygen atoms in total. The number of nitrogens with zero attached hydrogens (tertiary/aromatic N) is 3. The van der Waals surface area contributed by atoms with Crippen LogP contribution < -0.4 is 25.4 Å². The minimum absolute atomic E-state index is 0.240. The third-order valence-electron chi connectivity index (χ3n) is 4.94. The molecule has 3 N–H and O–H groups in total. The van der Waals surface area contributed by atoms with Crippen molar-refractivity contribution in [1.82, 2.24) is 9.97 Å². The molecule has 30 heavy (non-hydrogen) atoms. The standard InChI is InChI=1S/C22H24ClN5O2/c1-29-20-13-16(28-10-3-2-4-11-28)8-9-19(20)26-22-25-14-18(23)21(27-22)30-17-7-5-6-15(24)12-17/h5-9,12-14H,2-4,10-11,24H2,1H3,(H,25,26,27). The molecule has 0 spiro atoms. The van der Waals surface area contributed by atoms with E-state index in [9.17, 15) is 0 Å². The van der Waals surface area contributed by atoms with Crippen molar-refractivity contribution in [2.75, 3.05) is 36.1 Å². The van der Waals surface area contributed by atoms with Gasteiger partial charge < -0.3 is 25.4 Å². The van der Waals surface area contributed by atoms with E-state index in [0.29, 0.717) is 22.4 Å². The number of halogens is 1. The number of hydrogen-bond donors (Lipinski definition) is 2. The van der Waals surface area contributed by atoms with Gasteiger partial charge in [0.15, 0.2) is 0 Å². The first-order valence-corrected chi connectivity index (χ1v) is 10.3. The zero-order valence-electron chi connectivity index (χ0n) is 16.8. The van der Waals surface area contributed by atoms with Crippen molar-refractivity contribution in [3.63, 3.8) is 0 Å². The Kier molecular flexibility index (Phi) is 6.09. The molecule has 0 unspecified atom stereocenters. The zero-order valence-corrected chi connectivity index (χ0v) is 17.5. The van der Waals surface area contributed by atoms with Gasteiger partial charge >= 0.3 is 0 Å². The summed E-state index contributed by atoms with van der Waals surface area (Å²) >= 11 is 6.21. The van der Waals surface area contributed by atoms with Gasteiger partial charge in [0.25, 0.3) is 0 Å². The van der Waals surface area contributed by atoms with Crippen LogP contribution in [0.2, 0.25) is 5.02 Å². The number of anilines is 4. The van der Waals surface area contributed by atoms with Gasteiger partial charge in [-0.15, -0.1) is 0 Å². The molecule has 4 rings (SSSR count). The fourth-order valence-corrected chi connectivity index (χ4v) is 3.56. The maximum atomic E-state index is 6.21. The van der Waals surface area contributed by atoms with E-state index in [1.165, 1.54) is 25.5 Å². The molecule has 2 heterocycles. The highest BCUT2D eigenvalue weighted by Gasteiger charge is 2.15. The van der Waals surface area contributed by atoms with Crippen LogP contribution in [0.3, 0.4) is 0 Å². The number of nitrogens with one attached hydrogen (secondary N) is 1. The Bertz CT molecular complexity index is 1020. The predicted octanol–water partition coefficient (Wildman–Crippen LogP) is 5.25. The topological polar surface area (TPSA) is 85.5 Å². The van der Waals surface area contributed by atoms with Gasteiger partial charge in [0, 0.05) is 36.6 Å². The minimum Gasteiger partial charge on any atom is -0.494 e. The maximum absolute atomic E-state index is 6.21. The van der Waals surface area contributed by atoms with Gasteiger partial charge in [-0.05, 0) is 43.5 Å². The molecule has 156 valence electrons. The molecule has 0 saturated carbocycles. The van der Waals surface area contributed by atoms with Crippen LogP contribution in [-0.2, 0) is 0 Å². The molecule has 0 aliphatic carbocycles. The molecule has 0 bridgehead atoms. The monoisotopic (exact) mass is 425 g/mol. The summed E-state index contributed by atoms with van der Waals surface area (Å²) in [6, 6.07) is 13.1. The van der Waals surface area contributed by atoms with Crippen molar-refractivity contribution in [3.8, 4) is 17.4 Å². The first-order valence-electron chi connectivity index (χ1n) is 9.88. The molecule has 0 radical (unpaired) electrons. The first kappa shape index (κ1) is 20.1. The molecule has 0 atom stereocenters. The number of methoxy groups -OCH3 is 1. The SMILES string of the molecule is COc1cc(N2CCCCC2)ccc1Nc1ncc(Cl)c(Oc2cccc(N)c2)n1. The molecule has 8 heteroatoms. The lowest BCUT2D eigenvalue weighted by Crippen LogP contribution is -2.29. The Labute approximate surface area is 180 Å². The van der Waals surface area contributed by atoms with Crippen LogP contribution in [0.4, 0.5) is 23.0 Å². The average Bonchev–Trinajstić information content (AvgIpc) is 2.77. The Morgan fingerprint density at radius 3 is 2.70 bits per heavy atom. The Morgan fingerprint density at radius 2 is 1.93 bits per heavy atom. The predicted molar refractivity (Wildman–Crippen MR) is 120 cm³/mol. The summed E-state index contributed by atoms with van der Waals surface area (Å²) in [5.74, 6) is 1.85. The Hall–Kier alpha value is -3.19. The van der Waals surface area contributed by atoms with E-state index in [0.717, 1.165) is 30.2 Å². The number of aromatic nitrogens is 2. The molecular weight excluding hydrogens is 402 g/mol. The van der Waals surface area contributed by atoms with Crippen molar-refractivity contribution in [3.05, 3.63) is 53.7 Å². The van der Waals surface area contributed by atoms with Crippen LogP contribution in [0.25, 0.3) is 0 Å².